The first-order chi connectivity index (χ1) is 8.79. The summed E-state index contributed by atoms with van der Waals surface area (Å²) in [4.78, 5) is 8.30. The van der Waals surface area contributed by atoms with Gasteiger partial charge in [0.25, 0.3) is 0 Å². The minimum Gasteiger partial charge on any atom is -0.290 e. The fourth-order valence-corrected chi connectivity index (χ4v) is 1.43. The Labute approximate surface area is 109 Å². The van der Waals surface area contributed by atoms with Crippen molar-refractivity contribution in [2.45, 2.75) is 52.4 Å². The van der Waals surface area contributed by atoms with E-state index in [1.807, 2.05) is 11.0 Å². The van der Waals surface area contributed by atoms with Crippen LogP contribution in [0.5, 0.6) is 0 Å². The molecule has 6 nitrogen and oxygen atoms in total. The summed E-state index contributed by atoms with van der Waals surface area (Å²) >= 11 is 0. The fourth-order valence-electron chi connectivity index (χ4n) is 1.43. The van der Waals surface area contributed by atoms with Gasteiger partial charge >= 0.3 is 0 Å². The molecule has 0 atom stereocenters. The smallest absolute Gasteiger partial charge is 0.190 e. The lowest BCUT2D eigenvalue weighted by atomic mass is 10.2. The van der Waals surface area contributed by atoms with Gasteiger partial charge in [-0.05, 0) is 12.8 Å². The van der Waals surface area contributed by atoms with E-state index in [-0.39, 0.29) is 11.7 Å². The second-order valence-electron chi connectivity index (χ2n) is 4.10. The van der Waals surface area contributed by atoms with E-state index in [0.29, 0.717) is 13.1 Å². The molecule has 0 aliphatic carbocycles. The number of amidine groups is 2. The highest BCUT2D eigenvalue weighted by molar-refractivity contribution is 6.39. The monoisotopic (exact) mass is 258 g/mol. The predicted molar refractivity (Wildman–Crippen MR) is 73.5 cm³/mol. The first-order valence-corrected chi connectivity index (χ1v) is 6.69. The predicted octanol–water partition coefficient (Wildman–Crippen LogP) is 2.12. The first kappa shape index (κ1) is 16.9. The second kappa shape index (κ2) is 12.3. The summed E-state index contributed by atoms with van der Waals surface area (Å²) in [6.07, 6.45) is 6.34. The van der Waals surface area contributed by atoms with E-state index >= 15 is 0 Å². The molecule has 0 fully saturated rings. The van der Waals surface area contributed by atoms with E-state index in [9.17, 15) is 0 Å². The van der Waals surface area contributed by atoms with E-state index in [0.717, 1.165) is 38.5 Å². The Morgan fingerprint density at radius 2 is 1.17 bits per heavy atom. The zero-order chi connectivity index (χ0) is 13.6. The standard InChI is InChI=1S/C12H26N4O2/c1-3-5-7-9-13-11(15-17)12(16-18)14-10-8-6-4-2/h17-18H,3-10H2,1-2H3,(H,13,15)(H,14,16). The molecule has 0 spiro atoms. The summed E-state index contributed by atoms with van der Waals surface area (Å²) in [5, 5.41) is 17.9. The van der Waals surface area contributed by atoms with Crippen molar-refractivity contribution >= 4 is 11.7 Å². The first-order valence-electron chi connectivity index (χ1n) is 6.69. The van der Waals surface area contributed by atoms with Crippen LogP contribution in [0.1, 0.15) is 52.4 Å². The third-order valence-electron chi connectivity index (χ3n) is 2.50. The molecule has 0 bridgehead atoms. The average Bonchev–Trinajstić information content (AvgIpc) is 2.40. The Morgan fingerprint density at radius 1 is 0.778 bits per heavy atom. The average molecular weight is 258 g/mol. The molecular weight excluding hydrogens is 232 g/mol. The largest absolute Gasteiger partial charge is 0.290 e. The highest BCUT2D eigenvalue weighted by atomic mass is 16.5. The minimum absolute atomic E-state index is 0.185. The van der Waals surface area contributed by atoms with Crippen molar-refractivity contribution in [1.29, 1.82) is 0 Å². The van der Waals surface area contributed by atoms with Gasteiger partial charge in [0.15, 0.2) is 11.7 Å². The molecule has 0 aliphatic rings. The highest BCUT2D eigenvalue weighted by Gasteiger charge is 2.06. The molecule has 0 saturated carbocycles. The Morgan fingerprint density at radius 3 is 1.44 bits per heavy atom. The molecule has 0 aromatic carbocycles. The molecule has 0 aromatic rings. The van der Waals surface area contributed by atoms with Crippen LogP contribution in [0.15, 0.2) is 9.98 Å². The molecule has 0 amide bonds. The normalized spacial score (nSPS) is 12.7. The van der Waals surface area contributed by atoms with Gasteiger partial charge in [-0.15, -0.1) is 0 Å². The number of aliphatic imine (C=N–C) groups is 2. The summed E-state index contributed by atoms with van der Waals surface area (Å²) in [6.45, 7) is 5.44. The summed E-state index contributed by atoms with van der Waals surface area (Å²) in [5.74, 6) is 0.371. The van der Waals surface area contributed by atoms with Crippen LogP contribution in [-0.2, 0) is 0 Å². The van der Waals surface area contributed by atoms with E-state index in [4.69, 9.17) is 10.4 Å². The molecule has 0 aliphatic heterocycles. The Bertz CT molecular complexity index is 228. The molecule has 18 heavy (non-hydrogen) atoms. The van der Waals surface area contributed by atoms with Crippen molar-refractivity contribution in [3.05, 3.63) is 0 Å². The van der Waals surface area contributed by atoms with Crippen LogP contribution in [0.2, 0.25) is 0 Å². The SMILES string of the molecule is CCCCCN=C(NO)C(=NCCCCC)NO. The lowest BCUT2D eigenvalue weighted by Crippen LogP contribution is -2.37. The van der Waals surface area contributed by atoms with Crippen molar-refractivity contribution in [1.82, 2.24) is 11.0 Å². The number of hydrogen-bond donors (Lipinski definition) is 4. The Hall–Kier alpha value is -1.14. The van der Waals surface area contributed by atoms with Gasteiger partial charge in [-0.2, -0.15) is 0 Å². The molecule has 0 unspecified atom stereocenters. The van der Waals surface area contributed by atoms with Crippen LogP contribution in [0.4, 0.5) is 0 Å². The minimum atomic E-state index is 0.185. The van der Waals surface area contributed by atoms with E-state index < -0.39 is 0 Å². The van der Waals surface area contributed by atoms with Crippen molar-refractivity contribution in [2.24, 2.45) is 9.98 Å². The van der Waals surface area contributed by atoms with Crippen LogP contribution < -0.4 is 11.0 Å². The van der Waals surface area contributed by atoms with Gasteiger partial charge in [0.1, 0.15) is 0 Å². The molecule has 0 saturated heterocycles. The van der Waals surface area contributed by atoms with Gasteiger partial charge in [-0.1, -0.05) is 39.5 Å². The van der Waals surface area contributed by atoms with Gasteiger partial charge < -0.3 is 0 Å². The molecule has 4 N–H and O–H groups in total. The summed E-state index contributed by atoms with van der Waals surface area (Å²) in [7, 11) is 0. The van der Waals surface area contributed by atoms with Gasteiger partial charge in [0, 0.05) is 13.1 Å². The number of hydrogen-bond acceptors (Lipinski definition) is 4. The van der Waals surface area contributed by atoms with Gasteiger partial charge in [0.05, 0.1) is 0 Å². The lowest BCUT2D eigenvalue weighted by molar-refractivity contribution is 0.223. The number of unbranched alkanes of at least 4 members (excludes halogenated alkanes) is 4. The highest BCUT2D eigenvalue weighted by Crippen LogP contribution is 1.96. The van der Waals surface area contributed by atoms with Crippen molar-refractivity contribution in [3.8, 4) is 0 Å². The van der Waals surface area contributed by atoms with Crippen molar-refractivity contribution in [2.75, 3.05) is 13.1 Å². The summed E-state index contributed by atoms with van der Waals surface area (Å²) in [6, 6.07) is 0. The van der Waals surface area contributed by atoms with Crippen molar-refractivity contribution in [3.63, 3.8) is 0 Å². The van der Waals surface area contributed by atoms with Crippen LogP contribution >= 0.6 is 0 Å². The molecule has 6 heteroatoms. The Kier molecular flexibility index (Phi) is 11.5. The van der Waals surface area contributed by atoms with E-state index in [1.54, 1.807) is 0 Å². The molecular formula is C12H26N4O2. The molecule has 0 heterocycles. The molecule has 0 aromatic heterocycles. The summed E-state index contributed by atoms with van der Waals surface area (Å²) < 4.78 is 0. The van der Waals surface area contributed by atoms with Gasteiger partial charge in [0.2, 0.25) is 0 Å². The number of nitrogens with zero attached hydrogens (tertiary/aromatic N) is 2. The van der Waals surface area contributed by atoms with Crippen molar-refractivity contribution < 1.29 is 10.4 Å². The number of nitrogens with one attached hydrogen (secondary N) is 2. The topological polar surface area (TPSA) is 89.2 Å². The number of rotatable bonds is 8. The van der Waals surface area contributed by atoms with Gasteiger partial charge in [-0.25, -0.2) is 11.0 Å². The zero-order valence-electron chi connectivity index (χ0n) is 11.4. The van der Waals surface area contributed by atoms with Gasteiger partial charge in [-0.3, -0.25) is 20.4 Å². The fraction of sp³-hybridized carbons (Fsp3) is 0.833. The van der Waals surface area contributed by atoms with E-state index in [2.05, 4.69) is 23.8 Å². The van der Waals surface area contributed by atoms with Crippen LogP contribution in [-0.4, -0.2) is 35.2 Å². The van der Waals surface area contributed by atoms with Crippen LogP contribution in [0.3, 0.4) is 0 Å². The number of hydroxylamine groups is 2. The molecule has 106 valence electrons. The van der Waals surface area contributed by atoms with E-state index in [1.165, 1.54) is 0 Å². The Balaban J connectivity index is 4.27. The molecule has 0 radical (unpaired) electrons. The maximum atomic E-state index is 8.97. The summed E-state index contributed by atoms with van der Waals surface area (Å²) in [5.41, 5.74) is 3.94. The molecule has 0 rings (SSSR count). The van der Waals surface area contributed by atoms with Crippen LogP contribution in [0, 0.1) is 0 Å². The maximum Gasteiger partial charge on any atom is 0.190 e. The lowest BCUT2D eigenvalue weighted by Gasteiger charge is -2.07. The quantitative estimate of drug-likeness (QED) is 0.232. The van der Waals surface area contributed by atoms with Crippen LogP contribution in [0.25, 0.3) is 0 Å². The zero-order valence-corrected chi connectivity index (χ0v) is 11.4. The third kappa shape index (κ3) is 8.03. The third-order valence-corrected chi connectivity index (χ3v) is 2.50. The maximum absolute atomic E-state index is 8.97. The second-order valence-corrected chi connectivity index (χ2v) is 4.10.